The first-order valence-corrected chi connectivity index (χ1v) is 8.83. The van der Waals surface area contributed by atoms with Gasteiger partial charge in [-0.15, -0.1) is 24.9 Å². The van der Waals surface area contributed by atoms with E-state index in [1.165, 1.54) is 18.2 Å². The second-order valence-corrected chi connectivity index (χ2v) is 8.02. The molecule has 0 saturated heterocycles. The van der Waals surface area contributed by atoms with Crippen molar-refractivity contribution in [3.63, 3.8) is 0 Å². The molecular formula is C20H18F3NO3S. The fourth-order valence-corrected chi connectivity index (χ4v) is 3.33. The van der Waals surface area contributed by atoms with E-state index >= 15 is 0 Å². The van der Waals surface area contributed by atoms with Gasteiger partial charge in [-0.05, 0) is 56.0 Å². The summed E-state index contributed by atoms with van der Waals surface area (Å²) < 4.78 is 40.2. The van der Waals surface area contributed by atoms with Crippen LogP contribution in [0.2, 0.25) is 0 Å². The zero-order chi connectivity index (χ0) is 21.1. The quantitative estimate of drug-likeness (QED) is 0.557. The molecule has 0 fully saturated rings. The summed E-state index contributed by atoms with van der Waals surface area (Å²) in [5.74, 6) is -1.34. The zero-order valence-corrected chi connectivity index (χ0v) is 16.0. The van der Waals surface area contributed by atoms with Crippen molar-refractivity contribution in [2.24, 2.45) is 4.99 Å². The molecule has 0 heterocycles. The Hall–Kier alpha value is -2.74. The van der Waals surface area contributed by atoms with Crippen LogP contribution >= 0.6 is 11.8 Å². The van der Waals surface area contributed by atoms with E-state index in [4.69, 9.17) is 0 Å². The number of benzene rings is 2. The van der Waals surface area contributed by atoms with Gasteiger partial charge < -0.3 is 9.84 Å². The lowest BCUT2D eigenvalue weighted by Gasteiger charge is -2.21. The van der Waals surface area contributed by atoms with E-state index < -0.39 is 17.1 Å². The number of aliphatic carboxylic acids is 1. The highest BCUT2D eigenvalue weighted by atomic mass is 32.2. The van der Waals surface area contributed by atoms with Crippen molar-refractivity contribution >= 4 is 35.0 Å². The molecule has 0 aliphatic heterocycles. The van der Waals surface area contributed by atoms with E-state index in [-0.39, 0.29) is 5.75 Å². The maximum Gasteiger partial charge on any atom is 0.573 e. The Bertz CT molecular complexity index is 923. The van der Waals surface area contributed by atoms with Gasteiger partial charge in [0, 0.05) is 10.5 Å². The molecule has 0 radical (unpaired) electrons. The van der Waals surface area contributed by atoms with Gasteiger partial charge in [0.2, 0.25) is 0 Å². The number of carbonyl (C=O) groups is 1. The van der Waals surface area contributed by atoms with Gasteiger partial charge in [0.25, 0.3) is 0 Å². The molecule has 28 heavy (non-hydrogen) atoms. The number of aliphatic imine (C=N–C) groups is 1. The van der Waals surface area contributed by atoms with Gasteiger partial charge in [-0.3, -0.25) is 9.79 Å². The minimum atomic E-state index is -4.78. The number of thioether (sulfide) groups is 1. The van der Waals surface area contributed by atoms with Crippen LogP contribution < -0.4 is 4.74 Å². The second-order valence-electron chi connectivity index (χ2n) is 6.31. The molecule has 148 valence electrons. The smallest absolute Gasteiger partial charge is 0.480 e. The van der Waals surface area contributed by atoms with Crippen molar-refractivity contribution in [1.82, 2.24) is 0 Å². The van der Waals surface area contributed by atoms with Crippen molar-refractivity contribution in [3.8, 4) is 16.9 Å². The Labute approximate surface area is 164 Å². The molecule has 2 aromatic rings. The Balaban J connectivity index is 2.43. The summed E-state index contributed by atoms with van der Waals surface area (Å²) in [5, 5.41) is 9.32. The van der Waals surface area contributed by atoms with Crippen LogP contribution in [0.4, 0.5) is 18.9 Å². The lowest BCUT2D eigenvalue weighted by molar-refractivity contribution is -0.274. The Morgan fingerprint density at radius 1 is 1.14 bits per heavy atom. The number of hydrogen-bond acceptors (Lipinski definition) is 4. The van der Waals surface area contributed by atoms with Crippen LogP contribution in [-0.2, 0) is 4.79 Å². The predicted octanol–water partition coefficient (Wildman–Crippen LogP) is 6.15. The summed E-state index contributed by atoms with van der Waals surface area (Å²) in [7, 11) is 0. The standard InChI is InChI=1S/C20H18F3NO3S/c1-12(28-19(2,3)18(25)26)16-11-14(8-9-17(16)24-4)13-6-5-7-15(10-13)27-20(21,22)23/h5-11H,1,4H2,2-3H3,(H,25,26). The molecular weight excluding hydrogens is 391 g/mol. The molecule has 1 N–H and O–H groups in total. The number of carboxylic acids is 1. The highest BCUT2D eigenvalue weighted by Gasteiger charge is 2.31. The molecule has 0 saturated carbocycles. The van der Waals surface area contributed by atoms with Crippen LogP contribution in [-0.4, -0.2) is 28.9 Å². The average Bonchev–Trinajstić information content (AvgIpc) is 2.59. The largest absolute Gasteiger partial charge is 0.573 e. The molecule has 2 rings (SSSR count). The van der Waals surface area contributed by atoms with Crippen molar-refractivity contribution in [2.45, 2.75) is 25.0 Å². The summed E-state index contributed by atoms with van der Waals surface area (Å²) in [5.41, 5.74) is 2.14. The molecule has 0 aromatic heterocycles. The van der Waals surface area contributed by atoms with Crippen LogP contribution in [0.1, 0.15) is 19.4 Å². The third-order valence-electron chi connectivity index (χ3n) is 3.76. The average molecular weight is 409 g/mol. The summed E-state index contributed by atoms with van der Waals surface area (Å²) in [6.45, 7) is 10.5. The highest BCUT2D eigenvalue weighted by Crippen LogP contribution is 2.42. The topological polar surface area (TPSA) is 58.9 Å². The number of hydrogen-bond donors (Lipinski definition) is 1. The Kier molecular flexibility index (Phi) is 6.23. The molecule has 0 amide bonds. The fraction of sp³-hybridized carbons (Fsp3) is 0.200. The monoisotopic (exact) mass is 409 g/mol. The molecule has 0 aliphatic rings. The summed E-state index contributed by atoms with van der Waals surface area (Å²) >= 11 is 1.05. The van der Waals surface area contributed by atoms with Crippen LogP contribution in [0.5, 0.6) is 5.75 Å². The van der Waals surface area contributed by atoms with Crippen molar-refractivity contribution in [1.29, 1.82) is 0 Å². The molecule has 8 heteroatoms. The summed E-state index contributed by atoms with van der Waals surface area (Å²) in [6.07, 6.45) is -4.78. The molecule has 0 atom stereocenters. The van der Waals surface area contributed by atoms with Gasteiger partial charge in [0.1, 0.15) is 10.5 Å². The van der Waals surface area contributed by atoms with E-state index in [0.29, 0.717) is 27.3 Å². The van der Waals surface area contributed by atoms with E-state index in [0.717, 1.165) is 11.8 Å². The number of nitrogens with zero attached hydrogens (tertiary/aromatic N) is 1. The highest BCUT2D eigenvalue weighted by molar-refractivity contribution is 8.10. The number of ether oxygens (including phenoxy) is 1. The van der Waals surface area contributed by atoms with E-state index in [1.807, 2.05) is 0 Å². The first kappa shape index (κ1) is 21.6. The third kappa shape index (κ3) is 5.39. The maximum absolute atomic E-state index is 12.5. The van der Waals surface area contributed by atoms with Gasteiger partial charge in [-0.2, -0.15) is 0 Å². The molecule has 0 spiro atoms. The molecule has 0 aliphatic carbocycles. The van der Waals surface area contributed by atoms with Crippen LogP contribution in [0.3, 0.4) is 0 Å². The van der Waals surface area contributed by atoms with Gasteiger partial charge in [-0.25, -0.2) is 0 Å². The summed E-state index contributed by atoms with van der Waals surface area (Å²) in [4.78, 5) is 15.8. The number of alkyl halides is 3. The van der Waals surface area contributed by atoms with Crippen LogP contribution in [0.25, 0.3) is 16.0 Å². The van der Waals surface area contributed by atoms with E-state index in [1.54, 1.807) is 38.1 Å². The number of carboxylic acid groups (broad SMARTS) is 1. The van der Waals surface area contributed by atoms with Crippen LogP contribution in [0.15, 0.2) is 54.0 Å². The lowest BCUT2D eigenvalue weighted by Crippen LogP contribution is -2.26. The minimum absolute atomic E-state index is 0.335. The van der Waals surface area contributed by atoms with E-state index in [9.17, 15) is 23.1 Å². The third-order valence-corrected chi connectivity index (χ3v) is 4.91. The molecule has 2 aromatic carbocycles. The van der Waals surface area contributed by atoms with Crippen molar-refractivity contribution in [2.75, 3.05) is 0 Å². The van der Waals surface area contributed by atoms with E-state index in [2.05, 4.69) is 23.0 Å². The van der Waals surface area contributed by atoms with Gasteiger partial charge in [-0.1, -0.05) is 24.8 Å². The molecule has 0 unspecified atom stereocenters. The first-order chi connectivity index (χ1) is 12.9. The van der Waals surface area contributed by atoms with Crippen molar-refractivity contribution in [3.05, 3.63) is 54.6 Å². The molecule has 4 nitrogen and oxygen atoms in total. The normalized spacial score (nSPS) is 11.8. The second kappa shape index (κ2) is 8.10. The Morgan fingerprint density at radius 3 is 2.36 bits per heavy atom. The zero-order valence-electron chi connectivity index (χ0n) is 15.2. The fourth-order valence-electron chi connectivity index (χ4n) is 2.36. The SMILES string of the molecule is C=Nc1ccc(-c2cccc(OC(F)(F)F)c2)cc1C(=C)SC(C)(C)C(=O)O. The van der Waals surface area contributed by atoms with Gasteiger partial charge in [0.05, 0.1) is 5.69 Å². The predicted molar refractivity (Wildman–Crippen MR) is 106 cm³/mol. The first-order valence-electron chi connectivity index (χ1n) is 8.01. The van der Waals surface area contributed by atoms with Crippen molar-refractivity contribution < 1.29 is 27.8 Å². The number of halogens is 3. The van der Waals surface area contributed by atoms with Gasteiger partial charge >= 0.3 is 12.3 Å². The summed E-state index contributed by atoms with van der Waals surface area (Å²) in [6, 6.07) is 10.6. The van der Waals surface area contributed by atoms with Gasteiger partial charge in [0.15, 0.2) is 0 Å². The maximum atomic E-state index is 12.5. The van der Waals surface area contributed by atoms with Crippen LogP contribution in [0, 0.1) is 0 Å². The Morgan fingerprint density at radius 2 is 1.79 bits per heavy atom. The molecule has 0 bridgehead atoms. The lowest BCUT2D eigenvalue weighted by atomic mass is 10.0. The minimum Gasteiger partial charge on any atom is -0.480 e. The number of rotatable bonds is 7.